The second-order valence-electron chi connectivity index (χ2n) is 8.88. The summed E-state index contributed by atoms with van der Waals surface area (Å²) in [6.07, 6.45) is 4.17. The SMILES string of the molecule is COc1nn(C)c2nc(C)c(CCC(=O)NCc3nn(-c4ccccc4)c4c3CCC4)c(C)c12. The van der Waals surface area contributed by atoms with E-state index in [1.807, 2.05) is 43.8 Å². The summed E-state index contributed by atoms with van der Waals surface area (Å²) in [6.45, 7) is 4.49. The van der Waals surface area contributed by atoms with Gasteiger partial charge in [-0.2, -0.15) is 5.10 Å². The number of carbonyl (C=O) groups excluding carboxylic acids is 1. The van der Waals surface area contributed by atoms with E-state index in [1.54, 1.807) is 11.8 Å². The summed E-state index contributed by atoms with van der Waals surface area (Å²) in [5.74, 6) is 0.578. The zero-order valence-corrected chi connectivity index (χ0v) is 20.2. The molecule has 8 heteroatoms. The lowest BCUT2D eigenvalue weighted by atomic mass is 10.00. The van der Waals surface area contributed by atoms with Gasteiger partial charge in [0, 0.05) is 24.9 Å². The predicted molar refractivity (Wildman–Crippen MR) is 130 cm³/mol. The number of carbonyl (C=O) groups is 1. The molecule has 34 heavy (non-hydrogen) atoms. The highest BCUT2D eigenvalue weighted by Crippen LogP contribution is 2.31. The second-order valence-corrected chi connectivity index (χ2v) is 8.88. The number of amides is 1. The maximum Gasteiger partial charge on any atom is 0.242 e. The van der Waals surface area contributed by atoms with E-state index in [4.69, 9.17) is 14.8 Å². The third-order valence-electron chi connectivity index (χ3n) is 6.79. The summed E-state index contributed by atoms with van der Waals surface area (Å²) in [5, 5.41) is 13.3. The molecule has 3 aromatic heterocycles. The van der Waals surface area contributed by atoms with Gasteiger partial charge in [-0.1, -0.05) is 18.2 Å². The Balaban J connectivity index is 1.29. The fraction of sp³-hybridized carbons (Fsp3) is 0.385. The number of aromatic nitrogens is 5. The van der Waals surface area contributed by atoms with E-state index < -0.39 is 0 Å². The van der Waals surface area contributed by atoms with Gasteiger partial charge in [0.05, 0.1) is 30.4 Å². The highest BCUT2D eigenvalue weighted by molar-refractivity contribution is 5.86. The summed E-state index contributed by atoms with van der Waals surface area (Å²) in [5.41, 5.74) is 8.45. The van der Waals surface area contributed by atoms with Crippen molar-refractivity contribution < 1.29 is 9.53 Å². The number of fused-ring (bicyclic) bond motifs is 2. The first kappa shape index (κ1) is 22.1. The fourth-order valence-electron chi connectivity index (χ4n) is 5.06. The van der Waals surface area contributed by atoms with Gasteiger partial charge in [0.15, 0.2) is 5.65 Å². The van der Waals surface area contributed by atoms with Crippen molar-refractivity contribution in [3.63, 3.8) is 0 Å². The molecule has 0 fully saturated rings. The molecule has 0 unspecified atom stereocenters. The molecule has 0 saturated carbocycles. The Bertz CT molecular complexity index is 1370. The number of hydrogen-bond donors (Lipinski definition) is 1. The van der Waals surface area contributed by atoms with Gasteiger partial charge in [0.1, 0.15) is 0 Å². The standard InChI is InChI=1S/C26H30N6O2/c1-16-19(17(2)28-25-24(16)26(34-4)30-31(25)3)13-14-23(33)27-15-21-20-11-8-12-22(20)32(29-21)18-9-6-5-7-10-18/h5-7,9-10H,8,11-15H2,1-4H3,(H,27,33). The lowest BCUT2D eigenvalue weighted by Crippen LogP contribution is -2.24. The average molecular weight is 459 g/mol. The number of nitrogens with one attached hydrogen (secondary N) is 1. The molecule has 4 aromatic rings. The Hall–Kier alpha value is -3.68. The molecule has 5 rings (SSSR count). The highest BCUT2D eigenvalue weighted by atomic mass is 16.5. The summed E-state index contributed by atoms with van der Waals surface area (Å²) in [6, 6.07) is 10.2. The third kappa shape index (κ3) is 3.83. The number of methoxy groups -OCH3 is 1. The number of rotatable bonds is 7. The van der Waals surface area contributed by atoms with Gasteiger partial charge >= 0.3 is 0 Å². The number of para-hydroxylation sites is 1. The van der Waals surface area contributed by atoms with Gasteiger partial charge in [-0.25, -0.2) is 14.3 Å². The zero-order valence-electron chi connectivity index (χ0n) is 20.2. The lowest BCUT2D eigenvalue weighted by Gasteiger charge is -2.11. The van der Waals surface area contributed by atoms with Crippen LogP contribution in [0, 0.1) is 13.8 Å². The Labute approximate surface area is 198 Å². The molecule has 1 amide bonds. The number of benzene rings is 1. The van der Waals surface area contributed by atoms with Crippen molar-refractivity contribution >= 4 is 16.9 Å². The van der Waals surface area contributed by atoms with Crippen LogP contribution in [0.25, 0.3) is 16.7 Å². The minimum absolute atomic E-state index is 0.0121. The molecule has 1 aliphatic rings. The molecule has 1 aromatic carbocycles. The molecule has 0 atom stereocenters. The summed E-state index contributed by atoms with van der Waals surface area (Å²) >= 11 is 0. The van der Waals surface area contributed by atoms with Crippen molar-refractivity contribution in [2.45, 2.75) is 52.5 Å². The van der Waals surface area contributed by atoms with Crippen molar-refractivity contribution in [1.29, 1.82) is 0 Å². The number of aryl methyl sites for hydroxylation is 3. The van der Waals surface area contributed by atoms with Crippen LogP contribution in [0.3, 0.4) is 0 Å². The van der Waals surface area contributed by atoms with Gasteiger partial charge in [0.25, 0.3) is 0 Å². The average Bonchev–Trinajstić information content (AvgIpc) is 3.53. The van der Waals surface area contributed by atoms with E-state index in [0.717, 1.165) is 58.5 Å². The first-order valence-corrected chi connectivity index (χ1v) is 11.8. The van der Waals surface area contributed by atoms with Gasteiger partial charge in [-0.15, -0.1) is 5.10 Å². The lowest BCUT2D eigenvalue weighted by molar-refractivity contribution is -0.121. The minimum Gasteiger partial charge on any atom is -0.479 e. The van der Waals surface area contributed by atoms with Crippen LogP contribution in [0.5, 0.6) is 5.88 Å². The van der Waals surface area contributed by atoms with E-state index in [2.05, 4.69) is 22.5 Å². The Morgan fingerprint density at radius 2 is 1.94 bits per heavy atom. The Morgan fingerprint density at radius 1 is 1.15 bits per heavy atom. The molecule has 0 radical (unpaired) electrons. The molecule has 1 aliphatic carbocycles. The number of ether oxygens (including phenoxy) is 1. The van der Waals surface area contributed by atoms with Crippen LogP contribution in [0.4, 0.5) is 0 Å². The minimum atomic E-state index is 0.0121. The molecule has 8 nitrogen and oxygen atoms in total. The smallest absolute Gasteiger partial charge is 0.242 e. The van der Waals surface area contributed by atoms with E-state index in [-0.39, 0.29) is 5.91 Å². The molecular weight excluding hydrogens is 428 g/mol. The normalized spacial score (nSPS) is 12.8. The van der Waals surface area contributed by atoms with Crippen LogP contribution in [0.15, 0.2) is 30.3 Å². The van der Waals surface area contributed by atoms with Gasteiger partial charge in [-0.05, 0) is 68.4 Å². The van der Waals surface area contributed by atoms with Crippen LogP contribution < -0.4 is 10.1 Å². The first-order chi connectivity index (χ1) is 16.5. The molecule has 1 N–H and O–H groups in total. The summed E-state index contributed by atoms with van der Waals surface area (Å²) < 4.78 is 9.22. The molecule has 176 valence electrons. The van der Waals surface area contributed by atoms with Gasteiger partial charge < -0.3 is 10.1 Å². The quantitative estimate of drug-likeness (QED) is 0.458. The van der Waals surface area contributed by atoms with Crippen LogP contribution in [0.1, 0.15) is 46.6 Å². The van der Waals surface area contributed by atoms with E-state index >= 15 is 0 Å². The fourth-order valence-corrected chi connectivity index (χ4v) is 5.06. The molecule has 0 saturated heterocycles. The second kappa shape index (κ2) is 8.93. The largest absolute Gasteiger partial charge is 0.479 e. The topological polar surface area (TPSA) is 86.9 Å². The molecule has 0 aliphatic heterocycles. The van der Waals surface area contributed by atoms with Crippen molar-refractivity contribution in [3.05, 3.63) is 64.1 Å². The van der Waals surface area contributed by atoms with Gasteiger partial charge in [-0.3, -0.25) is 4.79 Å². The molecule has 0 bridgehead atoms. The van der Waals surface area contributed by atoms with Crippen molar-refractivity contribution in [2.24, 2.45) is 7.05 Å². The first-order valence-electron chi connectivity index (χ1n) is 11.8. The third-order valence-corrected chi connectivity index (χ3v) is 6.79. The monoisotopic (exact) mass is 458 g/mol. The van der Waals surface area contributed by atoms with Crippen molar-refractivity contribution in [1.82, 2.24) is 29.9 Å². The van der Waals surface area contributed by atoms with E-state index in [1.165, 1.54) is 11.3 Å². The highest BCUT2D eigenvalue weighted by Gasteiger charge is 2.23. The van der Waals surface area contributed by atoms with Crippen molar-refractivity contribution in [2.75, 3.05) is 7.11 Å². The summed E-state index contributed by atoms with van der Waals surface area (Å²) in [7, 11) is 3.48. The maximum absolute atomic E-state index is 12.8. The van der Waals surface area contributed by atoms with Gasteiger partial charge in [0.2, 0.25) is 11.8 Å². The number of pyridine rings is 1. The van der Waals surface area contributed by atoms with Crippen LogP contribution >= 0.6 is 0 Å². The Morgan fingerprint density at radius 3 is 2.71 bits per heavy atom. The van der Waals surface area contributed by atoms with Crippen LogP contribution in [-0.4, -0.2) is 37.6 Å². The molecular formula is C26H30N6O2. The zero-order chi connectivity index (χ0) is 23.8. The predicted octanol–water partition coefficient (Wildman–Crippen LogP) is 3.52. The molecule has 3 heterocycles. The van der Waals surface area contributed by atoms with E-state index in [9.17, 15) is 4.79 Å². The number of nitrogens with zero attached hydrogens (tertiary/aromatic N) is 5. The number of hydrogen-bond acceptors (Lipinski definition) is 5. The Kier molecular flexibility index (Phi) is 5.81. The maximum atomic E-state index is 12.8. The van der Waals surface area contributed by atoms with Crippen LogP contribution in [-0.2, 0) is 37.6 Å². The van der Waals surface area contributed by atoms with Crippen molar-refractivity contribution in [3.8, 4) is 11.6 Å². The summed E-state index contributed by atoms with van der Waals surface area (Å²) in [4.78, 5) is 17.5. The van der Waals surface area contributed by atoms with Crippen LogP contribution in [0.2, 0.25) is 0 Å². The van der Waals surface area contributed by atoms with E-state index in [0.29, 0.717) is 25.3 Å². The molecule has 0 spiro atoms.